The molecule has 0 radical (unpaired) electrons. The number of hydrogen-bond acceptors (Lipinski definition) is 4. The van der Waals surface area contributed by atoms with Gasteiger partial charge in [0.05, 0.1) is 24.3 Å². The largest absolute Gasteiger partial charge is 0.378 e. The summed E-state index contributed by atoms with van der Waals surface area (Å²) in [7, 11) is 0. The van der Waals surface area contributed by atoms with E-state index in [0.29, 0.717) is 48.6 Å². The highest BCUT2D eigenvalue weighted by Gasteiger charge is 2.21. The second-order valence-corrected chi connectivity index (χ2v) is 6.98. The third-order valence-corrected chi connectivity index (χ3v) is 5.03. The molecule has 0 bridgehead atoms. The Labute approximate surface area is 167 Å². The summed E-state index contributed by atoms with van der Waals surface area (Å²) >= 11 is 0. The monoisotopic (exact) mass is 391 g/mol. The number of nitrogens with zero attached hydrogens (tertiary/aromatic N) is 1. The summed E-state index contributed by atoms with van der Waals surface area (Å²) in [5.74, 6) is -0.428. The van der Waals surface area contributed by atoms with Crippen molar-refractivity contribution in [3.63, 3.8) is 0 Å². The van der Waals surface area contributed by atoms with E-state index in [-0.39, 0.29) is 17.4 Å². The minimum atomic E-state index is -0.355. The minimum Gasteiger partial charge on any atom is -0.378 e. The van der Waals surface area contributed by atoms with Crippen molar-refractivity contribution in [2.75, 3.05) is 31.6 Å². The summed E-state index contributed by atoms with van der Waals surface area (Å²) in [6, 6.07) is 13.6. The van der Waals surface area contributed by atoms with Crippen molar-refractivity contribution >= 4 is 28.4 Å². The Balaban J connectivity index is 1.62. The number of anilines is 1. The van der Waals surface area contributed by atoms with Crippen molar-refractivity contribution in [3.05, 3.63) is 75.6 Å². The number of rotatable bonds is 3. The van der Waals surface area contributed by atoms with Gasteiger partial charge < -0.3 is 19.9 Å². The molecule has 1 aromatic heterocycles. The van der Waals surface area contributed by atoms with Gasteiger partial charge in [0.25, 0.3) is 11.8 Å². The van der Waals surface area contributed by atoms with Crippen molar-refractivity contribution in [1.29, 1.82) is 0 Å². The number of pyridine rings is 1. The fourth-order valence-electron chi connectivity index (χ4n) is 3.43. The van der Waals surface area contributed by atoms with Gasteiger partial charge in [-0.1, -0.05) is 18.2 Å². The summed E-state index contributed by atoms with van der Waals surface area (Å²) in [6.07, 6.45) is 0. The predicted molar refractivity (Wildman–Crippen MR) is 110 cm³/mol. The first-order chi connectivity index (χ1) is 14.0. The molecule has 2 aromatic carbocycles. The number of carbonyl (C=O) groups is 2. The van der Waals surface area contributed by atoms with E-state index < -0.39 is 0 Å². The van der Waals surface area contributed by atoms with Crippen LogP contribution in [0.1, 0.15) is 26.3 Å². The molecular formula is C22H21N3O4. The first kappa shape index (κ1) is 18.9. The van der Waals surface area contributed by atoms with E-state index in [0.717, 1.165) is 10.9 Å². The Bertz CT molecular complexity index is 1150. The van der Waals surface area contributed by atoms with Gasteiger partial charge in [-0.3, -0.25) is 14.4 Å². The molecule has 0 aliphatic carbocycles. The number of amides is 2. The van der Waals surface area contributed by atoms with Crippen molar-refractivity contribution in [3.8, 4) is 0 Å². The molecule has 7 nitrogen and oxygen atoms in total. The molecule has 4 rings (SSSR count). The van der Waals surface area contributed by atoms with Gasteiger partial charge in [-0.2, -0.15) is 0 Å². The molecule has 1 fully saturated rings. The van der Waals surface area contributed by atoms with Gasteiger partial charge in [-0.05, 0) is 42.1 Å². The number of fused-ring (bicyclic) bond motifs is 1. The Morgan fingerprint density at radius 1 is 1.03 bits per heavy atom. The van der Waals surface area contributed by atoms with Gasteiger partial charge >= 0.3 is 0 Å². The van der Waals surface area contributed by atoms with Crippen LogP contribution in [0.3, 0.4) is 0 Å². The zero-order valence-electron chi connectivity index (χ0n) is 16.0. The number of morpholine rings is 1. The third kappa shape index (κ3) is 3.90. The number of carbonyl (C=O) groups excluding carboxylic acids is 2. The van der Waals surface area contributed by atoms with Gasteiger partial charge in [0.2, 0.25) is 5.56 Å². The first-order valence-corrected chi connectivity index (χ1v) is 9.44. The van der Waals surface area contributed by atoms with Crippen LogP contribution in [0, 0.1) is 6.92 Å². The van der Waals surface area contributed by atoms with Gasteiger partial charge in [-0.15, -0.1) is 0 Å². The lowest BCUT2D eigenvalue weighted by Crippen LogP contribution is -2.41. The van der Waals surface area contributed by atoms with Crippen molar-refractivity contribution in [2.24, 2.45) is 0 Å². The number of benzene rings is 2. The maximum Gasteiger partial charge on any atom is 0.257 e. The quantitative estimate of drug-likeness (QED) is 0.718. The number of aromatic nitrogens is 1. The Morgan fingerprint density at radius 2 is 1.83 bits per heavy atom. The molecule has 2 N–H and O–H groups in total. The molecule has 0 saturated carbocycles. The highest BCUT2D eigenvalue weighted by atomic mass is 16.5. The van der Waals surface area contributed by atoms with Crippen LogP contribution in [0.4, 0.5) is 5.69 Å². The fraction of sp³-hybridized carbons (Fsp3) is 0.227. The van der Waals surface area contributed by atoms with Crippen LogP contribution < -0.4 is 10.9 Å². The van der Waals surface area contributed by atoms with E-state index in [2.05, 4.69) is 10.3 Å². The number of H-pyrrole nitrogens is 1. The lowest BCUT2D eigenvalue weighted by atomic mass is 10.1. The summed E-state index contributed by atoms with van der Waals surface area (Å²) in [6.45, 7) is 4.03. The Kier molecular flexibility index (Phi) is 5.14. The van der Waals surface area contributed by atoms with Crippen LogP contribution in [0.15, 0.2) is 53.3 Å². The number of nitrogens with one attached hydrogen (secondary N) is 2. The van der Waals surface area contributed by atoms with Crippen LogP contribution in [-0.4, -0.2) is 48.0 Å². The maximum absolute atomic E-state index is 12.9. The normalized spacial score (nSPS) is 14.0. The molecule has 1 aliphatic rings. The highest BCUT2D eigenvalue weighted by Crippen LogP contribution is 2.21. The second kappa shape index (κ2) is 7.89. The SMILES string of the molecule is Cc1ccc(NC(=O)c2cccc3ccc(=O)[nH]c23)cc1C(=O)N1CCOCC1. The molecular weight excluding hydrogens is 370 g/mol. The van der Waals surface area contributed by atoms with E-state index in [1.807, 2.05) is 19.1 Å². The topological polar surface area (TPSA) is 91.5 Å². The molecule has 1 aliphatic heterocycles. The number of ether oxygens (including phenoxy) is 1. The Hall–Kier alpha value is -3.45. The molecule has 0 unspecified atom stereocenters. The molecule has 3 aromatic rings. The number of aryl methyl sites for hydroxylation is 1. The first-order valence-electron chi connectivity index (χ1n) is 9.44. The molecule has 0 spiro atoms. The molecule has 7 heteroatoms. The van der Waals surface area contributed by atoms with Crippen LogP contribution in [0.2, 0.25) is 0 Å². The van der Waals surface area contributed by atoms with Crippen molar-refractivity contribution in [1.82, 2.24) is 9.88 Å². The summed E-state index contributed by atoms with van der Waals surface area (Å²) in [5.41, 5.74) is 2.49. The van der Waals surface area contributed by atoms with E-state index in [1.165, 1.54) is 6.07 Å². The van der Waals surface area contributed by atoms with Crippen LogP contribution >= 0.6 is 0 Å². The molecule has 1 saturated heterocycles. The predicted octanol–water partition coefficient (Wildman–Crippen LogP) is 2.56. The highest BCUT2D eigenvalue weighted by molar-refractivity contribution is 6.12. The molecule has 2 amide bonds. The molecule has 29 heavy (non-hydrogen) atoms. The van der Waals surface area contributed by atoms with Crippen LogP contribution in [0.25, 0.3) is 10.9 Å². The smallest absolute Gasteiger partial charge is 0.257 e. The number of aromatic amines is 1. The van der Waals surface area contributed by atoms with Gasteiger partial charge in [0.1, 0.15) is 0 Å². The third-order valence-electron chi connectivity index (χ3n) is 5.03. The molecule has 0 atom stereocenters. The van der Waals surface area contributed by atoms with E-state index >= 15 is 0 Å². The van der Waals surface area contributed by atoms with E-state index in [4.69, 9.17) is 4.74 Å². The van der Waals surface area contributed by atoms with Gasteiger partial charge in [0.15, 0.2) is 0 Å². The maximum atomic E-state index is 12.9. The lowest BCUT2D eigenvalue weighted by molar-refractivity contribution is 0.0302. The van der Waals surface area contributed by atoms with Crippen molar-refractivity contribution in [2.45, 2.75) is 6.92 Å². The zero-order valence-corrected chi connectivity index (χ0v) is 16.0. The minimum absolute atomic E-state index is 0.0728. The second-order valence-electron chi connectivity index (χ2n) is 6.98. The van der Waals surface area contributed by atoms with E-state index in [1.54, 1.807) is 35.2 Å². The average molecular weight is 391 g/mol. The zero-order chi connectivity index (χ0) is 20.4. The van der Waals surface area contributed by atoms with E-state index in [9.17, 15) is 14.4 Å². The summed E-state index contributed by atoms with van der Waals surface area (Å²) in [4.78, 5) is 41.9. The Morgan fingerprint density at radius 3 is 2.62 bits per heavy atom. The van der Waals surface area contributed by atoms with Crippen LogP contribution in [-0.2, 0) is 4.74 Å². The standard InChI is InChI=1S/C22H21N3O4/c1-14-5-7-16(13-18(14)22(28)25-9-11-29-12-10-25)23-21(27)17-4-2-3-15-6-8-19(26)24-20(15)17/h2-8,13H,9-12H2,1H3,(H,23,27)(H,24,26). The number of hydrogen-bond donors (Lipinski definition) is 2. The summed E-state index contributed by atoms with van der Waals surface area (Å²) in [5, 5.41) is 3.61. The van der Waals surface area contributed by atoms with Gasteiger partial charge in [0, 0.05) is 30.4 Å². The fourth-order valence-corrected chi connectivity index (χ4v) is 3.43. The number of para-hydroxylation sites is 1. The average Bonchev–Trinajstić information content (AvgIpc) is 2.74. The van der Waals surface area contributed by atoms with Crippen LogP contribution in [0.5, 0.6) is 0 Å². The molecule has 2 heterocycles. The van der Waals surface area contributed by atoms with Gasteiger partial charge in [-0.25, -0.2) is 0 Å². The lowest BCUT2D eigenvalue weighted by Gasteiger charge is -2.27. The molecule has 148 valence electrons. The summed E-state index contributed by atoms with van der Waals surface area (Å²) < 4.78 is 5.31. The van der Waals surface area contributed by atoms with Crippen molar-refractivity contribution < 1.29 is 14.3 Å².